The summed E-state index contributed by atoms with van der Waals surface area (Å²) >= 11 is 0. The number of rotatable bonds is 3. The zero-order chi connectivity index (χ0) is 10.7. The molecule has 78 valence electrons. The molecule has 0 heterocycles. The largest absolute Gasteiger partial charge is 0.508 e. The SMILES string of the molecule is CCC(O)C(N)c1cc(O)cc(O)c1. The van der Waals surface area contributed by atoms with E-state index in [1.54, 1.807) is 0 Å². The quantitative estimate of drug-likeness (QED) is 0.579. The van der Waals surface area contributed by atoms with Gasteiger partial charge in [-0.25, -0.2) is 0 Å². The fraction of sp³-hybridized carbons (Fsp3) is 0.400. The van der Waals surface area contributed by atoms with Crippen LogP contribution < -0.4 is 5.73 Å². The van der Waals surface area contributed by atoms with Gasteiger partial charge in [-0.3, -0.25) is 0 Å². The molecule has 0 radical (unpaired) electrons. The van der Waals surface area contributed by atoms with E-state index in [9.17, 15) is 15.3 Å². The lowest BCUT2D eigenvalue weighted by atomic mass is 10.0. The molecule has 0 fully saturated rings. The molecule has 0 saturated carbocycles. The van der Waals surface area contributed by atoms with Crippen molar-refractivity contribution in [2.24, 2.45) is 5.73 Å². The van der Waals surface area contributed by atoms with Crippen molar-refractivity contribution in [2.45, 2.75) is 25.5 Å². The van der Waals surface area contributed by atoms with Gasteiger partial charge in [0.2, 0.25) is 0 Å². The van der Waals surface area contributed by atoms with Crippen LogP contribution in [0.25, 0.3) is 0 Å². The van der Waals surface area contributed by atoms with Crippen molar-refractivity contribution in [3.8, 4) is 11.5 Å². The van der Waals surface area contributed by atoms with E-state index in [2.05, 4.69) is 0 Å². The molecule has 0 amide bonds. The van der Waals surface area contributed by atoms with E-state index < -0.39 is 12.1 Å². The predicted molar refractivity (Wildman–Crippen MR) is 53.0 cm³/mol. The number of aromatic hydroxyl groups is 2. The molecule has 1 aromatic rings. The summed E-state index contributed by atoms with van der Waals surface area (Å²) < 4.78 is 0. The number of aliphatic hydroxyl groups excluding tert-OH is 1. The smallest absolute Gasteiger partial charge is 0.119 e. The number of benzene rings is 1. The predicted octanol–water partition coefficient (Wildman–Crippen LogP) is 0.868. The molecule has 2 unspecified atom stereocenters. The van der Waals surface area contributed by atoms with Crippen LogP contribution in [-0.4, -0.2) is 21.4 Å². The van der Waals surface area contributed by atoms with Crippen LogP contribution in [-0.2, 0) is 0 Å². The fourth-order valence-corrected chi connectivity index (χ4v) is 1.29. The van der Waals surface area contributed by atoms with Crippen molar-refractivity contribution in [3.05, 3.63) is 23.8 Å². The summed E-state index contributed by atoms with van der Waals surface area (Å²) in [5.74, 6) is -0.113. The summed E-state index contributed by atoms with van der Waals surface area (Å²) in [6.07, 6.45) is -0.145. The van der Waals surface area contributed by atoms with Gasteiger partial charge in [-0.05, 0) is 24.1 Å². The highest BCUT2D eigenvalue weighted by Gasteiger charge is 2.15. The molecule has 1 rings (SSSR count). The van der Waals surface area contributed by atoms with Crippen LogP contribution in [0.2, 0.25) is 0 Å². The van der Waals surface area contributed by atoms with Gasteiger partial charge in [0, 0.05) is 6.07 Å². The maximum absolute atomic E-state index is 9.47. The van der Waals surface area contributed by atoms with Crippen LogP contribution in [0.15, 0.2) is 18.2 Å². The number of phenolic OH excluding ortho intramolecular Hbond substituents is 2. The molecule has 5 N–H and O–H groups in total. The van der Waals surface area contributed by atoms with Crippen molar-refractivity contribution in [1.29, 1.82) is 0 Å². The average Bonchev–Trinajstić information content (AvgIpc) is 2.14. The Bertz CT molecular complexity index is 294. The van der Waals surface area contributed by atoms with E-state index in [0.29, 0.717) is 12.0 Å². The Morgan fingerprint density at radius 2 is 1.71 bits per heavy atom. The Morgan fingerprint density at radius 3 is 2.14 bits per heavy atom. The van der Waals surface area contributed by atoms with Gasteiger partial charge in [0.25, 0.3) is 0 Å². The van der Waals surface area contributed by atoms with Crippen molar-refractivity contribution in [3.63, 3.8) is 0 Å². The molecule has 4 nitrogen and oxygen atoms in total. The van der Waals surface area contributed by atoms with E-state index in [1.807, 2.05) is 6.92 Å². The highest BCUT2D eigenvalue weighted by atomic mass is 16.3. The third-order valence-corrected chi connectivity index (χ3v) is 2.14. The lowest BCUT2D eigenvalue weighted by Gasteiger charge is -2.17. The van der Waals surface area contributed by atoms with E-state index in [1.165, 1.54) is 18.2 Å². The molecule has 0 aromatic heterocycles. The van der Waals surface area contributed by atoms with Crippen molar-refractivity contribution in [2.75, 3.05) is 0 Å². The molecular weight excluding hydrogens is 182 g/mol. The van der Waals surface area contributed by atoms with Crippen LogP contribution in [0.5, 0.6) is 11.5 Å². The molecule has 1 aromatic carbocycles. The molecule has 0 saturated heterocycles. The van der Waals surface area contributed by atoms with Crippen LogP contribution in [0.1, 0.15) is 24.9 Å². The van der Waals surface area contributed by atoms with Gasteiger partial charge < -0.3 is 21.1 Å². The van der Waals surface area contributed by atoms with Gasteiger partial charge in [0.15, 0.2) is 0 Å². The van der Waals surface area contributed by atoms with Gasteiger partial charge in [-0.1, -0.05) is 6.92 Å². The maximum atomic E-state index is 9.47. The monoisotopic (exact) mass is 197 g/mol. The molecule has 0 aliphatic carbocycles. The Kier molecular flexibility index (Phi) is 3.33. The van der Waals surface area contributed by atoms with Crippen LogP contribution in [0, 0.1) is 0 Å². The fourth-order valence-electron chi connectivity index (χ4n) is 1.29. The summed E-state index contributed by atoms with van der Waals surface area (Å²) in [5, 5.41) is 27.9. The highest BCUT2D eigenvalue weighted by molar-refractivity contribution is 5.38. The summed E-state index contributed by atoms with van der Waals surface area (Å²) in [4.78, 5) is 0. The van der Waals surface area contributed by atoms with Crippen LogP contribution in [0.4, 0.5) is 0 Å². The molecule has 0 aliphatic heterocycles. The third kappa shape index (κ3) is 2.37. The minimum atomic E-state index is -0.670. The normalized spacial score (nSPS) is 15.1. The third-order valence-electron chi connectivity index (χ3n) is 2.14. The van der Waals surface area contributed by atoms with Gasteiger partial charge in [-0.2, -0.15) is 0 Å². The molecule has 2 atom stereocenters. The summed E-state index contributed by atoms with van der Waals surface area (Å²) in [6.45, 7) is 1.81. The zero-order valence-electron chi connectivity index (χ0n) is 8.01. The van der Waals surface area contributed by atoms with E-state index in [4.69, 9.17) is 5.73 Å². The second-order valence-corrected chi connectivity index (χ2v) is 3.28. The molecule has 0 bridgehead atoms. The standard InChI is InChI=1S/C10H15NO3/c1-2-9(14)10(11)6-3-7(12)5-8(13)4-6/h3-5,9-10,12-14H,2,11H2,1H3. The summed E-state index contributed by atoms with van der Waals surface area (Å²) in [6, 6.07) is 3.50. The van der Waals surface area contributed by atoms with Crippen LogP contribution in [0.3, 0.4) is 0 Å². The maximum Gasteiger partial charge on any atom is 0.119 e. The Hall–Kier alpha value is -1.26. The number of phenols is 2. The number of aliphatic hydroxyl groups is 1. The van der Waals surface area contributed by atoms with Crippen LogP contribution >= 0.6 is 0 Å². The first-order chi connectivity index (χ1) is 6.54. The molecule has 0 aliphatic rings. The first-order valence-electron chi connectivity index (χ1n) is 4.51. The minimum absolute atomic E-state index is 0.0567. The molecule has 4 heteroatoms. The molecule has 14 heavy (non-hydrogen) atoms. The van der Waals surface area contributed by atoms with Crippen molar-refractivity contribution in [1.82, 2.24) is 0 Å². The van der Waals surface area contributed by atoms with Crippen molar-refractivity contribution >= 4 is 0 Å². The number of hydrogen-bond donors (Lipinski definition) is 4. The summed E-state index contributed by atoms with van der Waals surface area (Å²) in [5.41, 5.74) is 6.24. The first kappa shape index (κ1) is 10.8. The Morgan fingerprint density at radius 1 is 1.21 bits per heavy atom. The number of hydrogen-bond acceptors (Lipinski definition) is 4. The zero-order valence-corrected chi connectivity index (χ0v) is 8.01. The van der Waals surface area contributed by atoms with Gasteiger partial charge in [0.05, 0.1) is 12.1 Å². The second-order valence-electron chi connectivity index (χ2n) is 3.28. The first-order valence-corrected chi connectivity index (χ1v) is 4.51. The highest BCUT2D eigenvalue weighted by Crippen LogP contribution is 2.25. The lowest BCUT2D eigenvalue weighted by molar-refractivity contribution is 0.140. The number of nitrogens with two attached hydrogens (primary N) is 1. The van der Waals surface area contributed by atoms with Gasteiger partial charge >= 0.3 is 0 Å². The van der Waals surface area contributed by atoms with Gasteiger partial charge in [0.1, 0.15) is 11.5 Å². The average molecular weight is 197 g/mol. The minimum Gasteiger partial charge on any atom is -0.508 e. The van der Waals surface area contributed by atoms with Gasteiger partial charge in [-0.15, -0.1) is 0 Å². The topological polar surface area (TPSA) is 86.7 Å². The summed E-state index contributed by atoms with van der Waals surface area (Å²) in [7, 11) is 0. The Balaban J connectivity index is 2.94. The lowest BCUT2D eigenvalue weighted by Crippen LogP contribution is -2.25. The Labute approximate surface area is 82.6 Å². The second kappa shape index (κ2) is 4.30. The van der Waals surface area contributed by atoms with E-state index in [0.717, 1.165) is 0 Å². The van der Waals surface area contributed by atoms with E-state index in [-0.39, 0.29) is 11.5 Å². The molecular formula is C10H15NO3. The van der Waals surface area contributed by atoms with Crippen molar-refractivity contribution < 1.29 is 15.3 Å². The van der Waals surface area contributed by atoms with E-state index >= 15 is 0 Å². The molecule has 0 spiro atoms.